The highest BCUT2D eigenvalue weighted by Gasteiger charge is 2.09. The number of aliphatic carboxylic acids is 1. The number of rotatable bonds is 5. The van der Waals surface area contributed by atoms with E-state index in [0.29, 0.717) is 22.8 Å². The van der Waals surface area contributed by atoms with E-state index in [4.69, 9.17) is 27.2 Å². The van der Waals surface area contributed by atoms with Crippen LogP contribution in [-0.4, -0.2) is 24.7 Å². The Bertz CT molecular complexity index is 443. The second-order valence-corrected chi connectivity index (χ2v) is 3.84. The Balaban J connectivity index is 3.17. The van der Waals surface area contributed by atoms with Crippen LogP contribution >= 0.6 is 11.6 Å². The first kappa shape index (κ1) is 13.5. The Morgan fingerprint density at radius 3 is 2.82 bits per heavy atom. The van der Waals surface area contributed by atoms with Gasteiger partial charge in [-0.25, -0.2) is 4.79 Å². The second kappa shape index (κ2) is 6.27. The molecule has 3 N–H and O–H groups in total. The van der Waals surface area contributed by atoms with Gasteiger partial charge in [-0.1, -0.05) is 11.6 Å². The number of methoxy groups -OCH3 is 1. The van der Waals surface area contributed by atoms with Crippen molar-refractivity contribution in [3.63, 3.8) is 0 Å². The topological polar surface area (TPSA) is 72.5 Å². The molecule has 0 saturated heterocycles. The van der Waals surface area contributed by atoms with E-state index in [1.54, 1.807) is 18.2 Å². The van der Waals surface area contributed by atoms with Crippen molar-refractivity contribution in [1.82, 2.24) is 0 Å². The zero-order chi connectivity index (χ0) is 12.8. The van der Waals surface area contributed by atoms with E-state index >= 15 is 0 Å². The molecule has 0 aliphatic rings. The van der Waals surface area contributed by atoms with Crippen molar-refractivity contribution in [2.75, 3.05) is 13.7 Å². The minimum atomic E-state index is -0.988. The van der Waals surface area contributed by atoms with E-state index in [-0.39, 0.29) is 12.1 Å². The summed E-state index contributed by atoms with van der Waals surface area (Å²) in [5.74, 6) is -0.414. The van der Waals surface area contributed by atoms with Gasteiger partial charge < -0.3 is 15.6 Å². The van der Waals surface area contributed by atoms with Crippen LogP contribution < -0.4 is 10.5 Å². The Kier molecular flexibility index (Phi) is 5.00. The largest absolute Gasteiger partial charge is 0.496 e. The van der Waals surface area contributed by atoms with E-state index in [0.717, 1.165) is 0 Å². The highest BCUT2D eigenvalue weighted by Crippen LogP contribution is 2.25. The van der Waals surface area contributed by atoms with Crippen LogP contribution in [0.4, 0.5) is 0 Å². The van der Waals surface area contributed by atoms with Crippen molar-refractivity contribution in [1.29, 1.82) is 0 Å². The van der Waals surface area contributed by atoms with Gasteiger partial charge >= 0.3 is 5.97 Å². The lowest BCUT2D eigenvalue weighted by atomic mass is 10.1. The molecule has 0 amide bonds. The maximum atomic E-state index is 11.0. The molecular weight excluding hydrogens is 242 g/mol. The fourth-order valence-corrected chi connectivity index (χ4v) is 1.58. The van der Waals surface area contributed by atoms with Gasteiger partial charge in [0.25, 0.3) is 0 Å². The normalized spacial score (nSPS) is 11.4. The minimum absolute atomic E-state index is 0.230. The lowest BCUT2D eigenvalue weighted by molar-refractivity contribution is -0.132. The summed E-state index contributed by atoms with van der Waals surface area (Å²) in [6.07, 6.45) is 1.82. The van der Waals surface area contributed by atoms with E-state index in [9.17, 15) is 4.79 Å². The van der Waals surface area contributed by atoms with Crippen LogP contribution in [0.2, 0.25) is 5.02 Å². The third kappa shape index (κ3) is 3.76. The highest BCUT2D eigenvalue weighted by atomic mass is 35.5. The van der Waals surface area contributed by atoms with Crippen LogP contribution in [0, 0.1) is 0 Å². The van der Waals surface area contributed by atoms with E-state index < -0.39 is 5.97 Å². The van der Waals surface area contributed by atoms with Gasteiger partial charge in [-0.15, -0.1) is 0 Å². The van der Waals surface area contributed by atoms with Crippen LogP contribution in [0.5, 0.6) is 5.75 Å². The standard InChI is InChI=1S/C12H14ClNO3/c1-17-11-3-2-10(13)7-9(11)6-8(4-5-14)12(15)16/h2-3,6-7H,4-5,14H2,1H3,(H,15,16)/b8-6+. The van der Waals surface area contributed by atoms with Gasteiger partial charge in [-0.2, -0.15) is 0 Å². The summed E-state index contributed by atoms with van der Waals surface area (Å²) in [6.45, 7) is 0.279. The van der Waals surface area contributed by atoms with Crippen molar-refractivity contribution in [2.45, 2.75) is 6.42 Å². The molecular formula is C12H14ClNO3. The van der Waals surface area contributed by atoms with Gasteiger partial charge in [0.1, 0.15) is 5.75 Å². The fourth-order valence-electron chi connectivity index (χ4n) is 1.40. The first-order valence-electron chi connectivity index (χ1n) is 5.06. The van der Waals surface area contributed by atoms with Crippen LogP contribution in [0.25, 0.3) is 6.08 Å². The lowest BCUT2D eigenvalue weighted by Gasteiger charge is -2.06. The molecule has 92 valence electrons. The third-order valence-electron chi connectivity index (χ3n) is 2.21. The van der Waals surface area contributed by atoms with Crippen molar-refractivity contribution < 1.29 is 14.6 Å². The van der Waals surface area contributed by atoms with E-state index in [2.05, 4.69) is 0 Å². The number of nitrogens with two attached hydrogens (primary N) is 1. The zero-order valence-electron chi connectivity index (χ0n) is 9.44. The molecule has 0 atom stereocenters. The molecule has 0 radical (unpaired) electrons. The lowest BCUT2D eigenvalue weighted by Crippen LogP contribution is -2.07. The smallest absolute Gasteiger partial charge is 0.331 e. The molecule has 0 aromatic heterocycles. The average molecular weight is 256 g/mol. The number of carboxylic acids is 1. The molecule has 5 heteroatoms. The van der Waals surface area contributed by atoms with E-state index in [1.165, 1.54) is 13.2 Å². The second-order valence-electron chi connectivity index (χ2n) is 3.40. The number of ether oxygens (including phenoxy) is 1. The molecule has 0 aliphatic heterocycles. The number of carboxylic acid groups (broad SMARTS) is 1. The molecule has 17 heavy (non-hydrogen) atoms. The van der Waals surface area contributed by atoms with Crippen LogP contribution in [-0.2, 0) is 4.79 Å². The molecule has 4 nitrogen and oxygen atoms in total. The summed E-state index contributed by atoms with van der Waals surface area (Å²) in [5, 5.41) is 9.52. The minimum Gasteiger partial charge on any atom is -0.496 e. The van der Waals surface area contributed by atoms with Gasteiger partial charge in [0.05, 0.1) is 7.11 Å². The molecule has 0 fully saturated rings. The maximum Gasteiger partial charge on any atom is 0.331 e. The fraction of sp³-hybridized carbons (Fsp3) is 0.250. The molecule has 0 heterocycles. The van der Waals surface area contributed by atoms with Crippen molar-refractivity contribution in [3.05, 3.63) is 34.4 Å². The van der Waals surface area contributed by atoms with Gasteiger partial charge in [0, 0.05) is 16.2 Å². The number of hydrogen-bond acceptors (Lipinski definition) is 3. The molecule has 0 spiro atoms. The summed E-state index contributed by atoms with van der Waals surface area (Å²) in [7, 11) is 1.52. The maximum absolute atomic E-state index is 11.0. The average Bonchev–Trinajstić information content (AvgIpc) is 2.28. The quantitative estimate of drug-likeness (QED) is 0.791. The van der Waals surface area contributed by atoms with Gasteiger partial charge in [-0.3, -0.25) is 0 Å². The highest BCUT2D eigenvalue weighted by molar-refractivity contribution is 6.30. The number of carbonyl (C=O) groups is 1. The van der Waals surface area contributed by atoms with E-state index in [1.807, 2.05) is 0 Å². The van der Waals surface area contributed by atoms with Crippen LogP contribution in [0.1, 0.15) is 12.0 Å². The summed E-state index contributed by atoms with van der Waals surface area (Å²) in [5.41, 5.74) is 6.22. The number of halogens is 1. The number of benzene rings is 1. The molecule has 0 saturated carbocycles. The van der Waals surface area contributed by atoms with Gasteiger partial charge in [0.15, 0.2) is 0 Å². The Morgan fingerprint density at radius 1 is 1.59 bits per heavy atom. The monoisotopic (exact) mass is 255 g/mol. The Morgan fingerprint density at radius 2 is 2.29 bits per heavy atom. The van der Waals surface area contributed by atoms with Crippen molar-refractivity contribution in [3.8, 4) is 5.75 Å². The summed E-state index contributed by atoms with van der Waals surface area (Å²) in [6, 6.07) is 5.02. The molecule has 0 unspecified atom stereocenters. The zero-order valence-corrected chi connectivity index (χ0v) is 10.2. The predicted molar refractivity (Wildman–Crippen MR) is 67.3 cm³/mol. The van der Waals surface area contributed by atoms with Gasteiger partial charge in [-0.05, 0) is 37.2 Å². The summed E-state index contributed by atoms with van der Waals surface area (Å²) >= 11 is 5.86. The van der Waals surface area contributed by atoms with Crippen LogP contribution in [0.15, 0.2) is 23.8 Å². The van der Waals surface area contributed by atoms with Crippen molar-refractivity contribution >= 4 is 23.6 Å². The Hall–Kier alpha value is -1.52. The number of hydrogen-bond donors (Lipinski definition) is 2. The van der Waals surface area contributed by atoms with Crippen molar-refractivity contribution in [2.24, 2.45) is 5.73 Å². The first-order chi connectivity index (χ1) is 8.08. The Labute approximate surface area is 105 Å². The molecule has 1 aromatic carbocycles. The first-order valence-corrected chi connectivity index (χ1v) is 5.43. The molecule has 1 aromatic rings. The third-order valence-corrected chi connectivity index (χ3v) is 2.44. The molecule has 1 rings (SSSR count). The predicted octanol–water partition coefficient (Wildman–Crippen LogP) is 2.17. The van der Waals surface area contributed by atoms with Gasteiger partial charge in [0.2, 0.25) is 0 Å². The SMILES string of the molecule is COc1ccc(Cl)cc1/C=C(\CCN)C(=O)O. The summed E-state index contributed by atoms with van der Waals surface area (Å²) in [4.78, 5) is 11.0. The molecule has 0 bridgehead atoms. The molecule has 0 aliphatic carbocycles. The summed E-state index contributed by atoms with van der Waals surface area (Å²) < 4.78 is 5.13. The van der Waals surface area contributed by atoms with Crippen LogP contribution in [0.3, 0.4) is 0 Å².